The summed E-state index contributed by atoms with van der Waals surface area (Å²) in [5.74, 6) is 0.104. The normalized spacial score (nSPS) is 10.2. The van der Waals surface area contributed by atoms with Gasteiger partial charge in [-0.15, -0.1) is 0 Å². The van der Waals surface area contributed by atoms with Crippen LogP contribution in [0.5, 0.6) is 5.75 Å². The van der Waals surface area contributed by atoms with E-state index in [1.165, 1.54) is 24.3 Å². The highest BCUT2D eigenvalue weighted by atomic mass is 35.5. The molecule has 0 radical (unpaired) electrons. The minimum absolute atomic E-state index is 0.0907. The van der Waals surface area contributed by atoms with Crippen LogP contribution in [0.4, 0.5) is 4.39 Å². The molecule has 2 aromatic carbocycles. The minimum atomic E-state index is -0.358. The third-order valence-electron chi connectivity index (χ3n) is 2.59. The van der Waals surface area contributed by atoms with Crippen molar-refractivity contribution in [3.8, 4) is 5.75 Å². The molecule has 0 atom stereocenters. The molecule has 0 fully saturated rings. The molecule has 0 aliphatic rings. The summed E-state index contributed by atoms with van der Waals surface area (Å²) >= 11 is 5.92. The molecule has 4 heteroatoms. The van der Waals surface area contributed by atoms with E-state index in [1.807, 2.05) is 6.07 Å². The van der Waals surface area contributed by atoms with E-state index in [0.29, 0.717) is 16.3 Å². The van der Waals surface area contributed by atoms with Crippen molar-refractivity contribution in [1.82, 2.24) is 0 Å². The third-order valence-corrected chi connectivity index (χ3v) is 2.90. The SMILES string of the molecule is O=C(CCOc1ccccc1Cl)c1ccc(F)cc1. The van der Waals surface area contributed by atoms with Gasteiger partial charge in [-0.2, -0.15) is 0 Å². The van der Waals surface area contributed by atoms with Crippen molar-refractivity contribution in [1.29, 1.82) is 0 Å². The molecule has 0 aliphatic heterocycles. The first-order valence-electron chi connectivity index (χ1n) is 5.83. The number of carbonyl (C=O) groups is 1. The monoisotopic (exact) mass is 278 g/mol. The molecule has 2 aromatic rings. The predicted octanol–water partition coefficient (Wildman–Crippen LogP) is 4.13. The molecular formula is C15H12ClFO2. The molecule has 2 nitrogen and oxygen atoms in total. The van der Waals surface area contributed by atoms with Crippen molar-refractivity contribution in [3.63, 3.8) is 0 Å². The number of ketones is 1. The highest BCUT2D eigenvalue weighted by Crippen LogP contribution is 2.23. The van der Waals surface area contributed by atoms with E-state index in [4.69, 9.17) is 16.3 Å². The Morgan fingerprint density at radius 1 is 1.11 bits per heavy atom. The molecule has 2 rings (SSSR count). The molecule has 0 unspecified atom stereocenters. The molecule has 0 amide bonds. The molecule has 0 bridgehead atoms. The Kier molecular flexibility index (Phi) is 4.53. The minimum Gasteiger partial charge on any atom is -0.492 e. The molecule has 0 N–H and O–H groups in total. The van der Waals surface area contributed by atoms with E-state index in [0.717, 1.165) is 0 Å². The van der Waals surface area contributed by atoms with E-state index in [9.17, 15) is 9.18 Å². The van der Waals surface area contributed by atoms with Crippen molar-refractivity contribution < 1.29 is 13.9 Å². The highest BCUT2D eigenvalue weighted by molar-refractivity contribution is 6.32. The molecule has 0 aromatic heterocycles. The van der Waals surface area contributed by atoms with Gasteiger partial charge in [0.1, 0.15) is 11.6 Å². The Balaban J connectivity index is 1.88. The summed E-state index contributed by atoms with van der Waals surface area (Å²) in [4.78, 5) is 11.8. The summed E-state index contributed by atoms with van der Waals surface area (Å²) < 4.78 is 18.1. The maximum absolute atomic E-state index is 12.7. The van der Waals surface area contributed by atoms with Gasteiger partial charge in [-0.3, -0.25) is 4.79 Å². The standard InChI is InChI=1S/C15H12ClFO2/c16-13-3-1-2-4-15(13)19-10-9-14(18)11-5-7-12(17)8-6-11/h1-8H,9-10H2. The summed E-state index contributed by atoms with van der Waals surface area (Å²) in [6.07, 6.45) is 0.219. The van der Waals surface area contributed by atoms with Crippen LogP contribution in [-0.2, 0) is 0 Å². The van der Waals surface area contributed by atoms with E-state index in [2.05, 4.69) is 0 Å². The lowest BCUT2D eigenvalue weighted by Gasteiger charge is -2.07. The maximum Gasteiger partial charge on any atom is 0.166 e. The van der Waals surface area contributed by atoms with E-state index < -0.39 is 0 Å². The highest BCUT2D eigenvalue weighted by Gasteiger charge is 2.07. The summed E-state index contributed by atoms with van der Waals surface area (Å²) in [5, 5.41) is 0.511. The van der Waals surface area contributed by atoms with Crippen LogP contribution < -0.4 is 4.74 Å². The smallest absolute Gasteiger partial charge is 0.166 e. The molecule has 19 heavy (non-hydrogen) atoms. The van der Waals surface area contributed by atoms with Crippen molar-refractivity contribution in [2.45, 2.75) is 6.42 Å². The zero-order valence-corrected chi connectivity index (χ0v) is 10.9. The lowest BCUT2D eigenvalue weighted by atomic mass is 10.1. The Morgan fingerprint density at radius 3 is 2.47 bits per heavy atom. The van der Waals surface area contributed by atoms with Crippen LogP contribution in [0.3, 0.4) is 0 Å². The number of hydrogen-bond donors (Lipinski definition) is 0. The number of benzene rings is 2. The van der Waals surface area contributed by atoms with Gasteiger partial charge < -0.3 is 4.74 Å². The average Bonchev–Trinajstić information content (AvgIpc) is 2.41. The zero-order chi connectivity index (χ0) is 13.7. The van der Waals surface area contributed by atoms with Gasteiger partial charge in [0.2, 0.25) is 0 Å². The second-order valence-corrected chi connectivity index (χ2v) is 4.37. The Morgan fingerprint density at radius 2 is 1.79 bits per heavy atom. The maximum atomic E-state index is 12.7. The number of ether oxygens (including phenoxy) is 1. The van der Waals surface area contributed by atoms with Crippen LogP contribution in [-0.4, -0.2) is 12.4 Å². The third kappa shape index (κ3) is 3.80. The largest absolute Gasteiger partial charge is 0.492 e. The summed E-state index contributed by atoms with van der Waals surface area (Å²) in [6, 6.07) is 12.5. The van der Waals surface area contributed by atoms with Crippen molar-refractivity contribution in [3.05, 3.63) is 64.9 Å². The fraction of sp³-hybridized carbons (Fsp3) is 0.133. The number of halogens is 2. The summed E-state index contributed by atoms with van der Waals surface area (Å²) in [7, 11) is 0. The molecule has 0 aliphatic carbocycles. The zero-order valence-electron chi connectivity index (χ0n) is 10.1. The second-order valence-electron chi connectivity index (χ2n) is 3.96. The van der Waals surface area contributed by atoms with Crippen LogP contribution in [0.15, 0.2) is 48.5 Å². The van der Waals surface area contributed by atoms with Crippen LogP contribution >= 0.6 is 11.6 Å². The molecular weight excluding hydrogens is 267 g/mol. The Labute approximate surface area is 115 Å². The van der Waals surface area contributed by atoms with E-state index in [1.54, 1.807) is 18.2 Å². The van der Waals surface area contributed by atoms with Gasteiger partial charge in [-0.05, 0) is 36.4 Å². The van der Waals surface area contributed by atoms with Gasteiger partial charge in [-0.1, -0.05) is 23.7 Å². The number of Topliss-reactive ketones (excluding diaryl/α,β-unsaturated/α-hetero) is 1. The van der Waals surface area contributed by atoms with Gasteiger partial charge in [0.15, 0.2) is 5.78 Å². The van der Waals surface area contributed by atoms with Crippen molar-refractivity contribution in [2.75, 3.05) is 6.61 Å². The van der Waals surface area contributed by atoms with Gasteiger partial charge in [-0.25, -0.2) is 4.39 Å². The lowest BCUT2D eigenvalue weighted by molar-refractivity contribution is 0.0962. The second kappa shape index (κ2) is 6.34. The molecule has 0 spiro atoms. The van der Waals surface area contributed by atoms with Gasteiger partial charge >= 0.3 is 0 Å². The van der Waals surface area contributed by atoms with Gasteiger partial charge in [0, 0.05) is 12.0 Å². The predicted molar refractivity (Wildman–Crippen MR) is 72.3 cm³/mol. The summed E-state index contributed by atoms with van der Waals surface area (Å²) in [6.45, 7) is 0.236. The number of rotatable bonds is 5. The van der Waals surface area contributed by atoms with Crippen LogP contribution in [0.2, 0.25) is 5.02 Å². The first-order valence-corrected chi connectivity index (χ1v) is 6.21. The topological polar surface area (TPSA) is 26.3 Å². The van der Waals surface area contributed by atoms with Crippen molar-refractivity contribution in [2.24, 2.45) is 0 Å². The van der Waals surface area contributed by atoms with Gasteiger partial charge in [0.05, 0.1) is 11.6 Å². The van der Waals surface area contributed by atoms with Crippen LogP contribution in [0.25, 0.3) is 0 Å². The molecule has 0 heterocycles. The lowest BCUT2D eigenvalue weighted by Crippen LogP contribution is -2.07. The van der Waals surface area contributed by atoms with E-state index in [-0.39, 0.29) is 24.6 Å². The fourth-order valence-electron chi connectivity index (χ4n) is 1.60. The fourth-order valence-corrected chi connectivity index (χ4v) is 1.79. The van der Waals surface area contributed by atoms with E-state index >= 15 is 0 Å². The first-order chi connectivity index (χ1) is 9.16. The number of para-hydroxylation sites is 1. The summed E-state index contributed by atoms with van der Waals surface area (Å²) in [5.41, 5.74) is 0.476. The quantitative estimate of drug-likeness (QED) is 0.769. The van der Waals surface area contributed by atoms with Crippen molar-refractivity contribution >= 4 is 17.4 Å². The molecule has 0 saturated heterocycles. The molecule has 98 valence electrons. The van der Waals surface area contributed by atoms with Crippen LogP contribution in [0.1, 0.15) is 16.8 Å². The Hall–Kier alpha value is -1.87. The average molecular weight is 279 g/mol. The van der Waals surface area contributed by atoms with Gasteiger partial charge in [0.25, 0.3) is 0 Å². The molecule has 0 saturated carbocycles. The van der Waals surface area contributed by atoms with Crippen LogP contribution in [0, 0.1) is 5.82 Å². The number of carbonyl (C=O) groups excluding carboxylic acids is 1. The number of hydrogen-bond acceptors (Lipinski definition) is 2. The Bertz CT molecular complexity index is 567. The first kappa shape index (κ1) is 13.6.